The number of phenols is 2. The molecule has 82 valence electrons. The minimum Gasteiger partial charge on any atom is -0.504 e. The Bertz CT molecular complexity index is 350. The Morgan fingerprint density at radius 2 is 2.07 bits per heavy atom. The summed E-state index contributed by atoms with van der Waals surface area (Å²) in [6, 6.07) is 4.70. The predicted octanol–water partition coefficient (Wildman–Crippen LogP) is 1.17. The van der Waals surface area contributed by atoms with Gasteiger partial charge in [0.15, 0.2) is 11.5 Å². The van der Waals surface area contributed by atoms with Gasteiger partial charge in [-0.15, -0.1) is 0 Å². The molecule has 4 heteroatoms. The zero-order valence-electron chi connectivity index (χ0n) is 8.66. The first-order chi connectivity index (χ1) is 7.13. The molecule has 0 fully saturated rings. The van der Waals surface area contributed by atoms with Gasteiger partial charge in [-0.2, -0.15) is 0 Å². The van der Waals surface area contributed by atoms with E-state index in [1.165, 1.54) is 12.1 Å². The lowest BCUT2D eigenvalue weighted by molar-refractivity contribution is -0.120. The van der Waals surface area contributed by atoms with E-state index in [-0.39, 0.29) is 17.4 Å². The summed E-state index contributed by atoms with van der Waals surface area (Å²) in [7, 11) is 1.61. The quantitative estimate of drug-likeness (QED) is 0.652. The van der Waals surface area contributed by atoms with E-state index in [1.807, 2.05) is 0 Å². The number of rotatable bonds is 4. The molecule has 0 unspecified atom stereocenters. The number of benzene rings is 1. The Balaban J connectivity index is 2.44. The van der Waals surface area contributed by atoms with Gasteiger partial charge >= 0.3 is 0 Å². The van der Waals surface area contributed by atoms with Gasteiger partial charge in [0.1, 0.15) is 0 Å². The first-order valence-electron chi connectivity index (χ1n) is 4.85. The second-order valence-electron chi connectivity index (χ2n) is 3.35. The van der Waals surface area contributed by atoms with Gasteiger partial charge in [0, 0.05) is 13.5 Å². The van der Waals surface area contributed by atoms with E-state index >= 15 is 0 Å². The van der Waals surface area contributed by atoms with Crippen LogP contribution in [0.2, 0.25) is 0 Å². The van der Waals surface area contributed by atoms with Crippen LogP contribution in [0.4, 0.5) is 0 Å². The largest absolute Gasteiger partial charge is 0.504 e. The van der Waals surface area contributed by atoms with Crippen LogP contribution in [-0.4, -0.2) is 23.2 Å². The Morgan fingerprint density at radius 3 is 2.67 bits per heavy atom. The highest BCUT2D eigenvalue weighted by molar-refractivity contribution is 5.75. The lowest BCUT2D eigenvalue weighted by Crippen LogP contribution is -2.17. The molecule has 15 heavy (non-hydrogen) atoms. The Kier molecular flexibility index (Phi) is 3.97. The summed E-state index contributed by atoms with van der Waals surface area (Å²) >= 11 is 0. The first kappa shape index (κ1) is 11.4. The second-order valence-corrected chi connectivity index (χ2v) is 3.35. The number of aromatic hydroxyl groups is 2. The fourth-order valence-corrected chi connectivity index (χ4v) is 1.30. The van der Waals surface area contributed by atoms with Crippen molar-refractivity contribution >= 4 is 5.91 Å². The summed E-state index contributed by atoms with van der Waals surface area (Å²) in [5.74, 6) is -0.226. The van der Waals surface area contributed by atoms with E-state index in [1.54, 1.807) is 13.1 Å². The van der Waals surface area contributed by atoms with Crippen molar-refractivity contribution in [3.05, 3.63) is 23.8 Å². The highest BCUT2D eigenvalue weighted by Crippen LogP contribution is 2.25. The van der Waals surface area contributed by atoms with Crippen LogP contribution < -0.4 is 5.32 Å². The zero-order valence-corrected chi connectivity index (χ0v) is 8.66. The first-order valence-corrected chi connectivity index (χ1v) is 4.85. The molecule has 0 aliphatic heterocycles. The van der Waals surface area contributed by atoms with E-state index in [0.717, 1.165) is 12.0 Å². The summed E-state index contributed by atoms with van der Waals surface area (Å²) in [5.41, 5.74) is 0.911. The SMILES string of the molecule is CNC(=O)CCCc1ccc(O)c(O)c1. The molecule has 0 spiro atoms. The Morgan fingerprint density at radius 1 is 1.33 bits per heavy atom. The number of hydrogen-bond donors (Lipinski definition) is 3. The third-order valence-corrected chi connectivity index (χ3v) is 2.19. The van der Waals surface area contributed by atoms with Crippen molar-refractivity contribution in [3.63, 3.8) is 0 Å². The molecule has 0 atom stereocenters. The van der Waals surface area contributed by atoms with Crippen molar-refractivity contribution in [3.8, 4) is 11.5 Å². The summed E-state index contributed by atoms with van der Waals surface area (Å²) in [4.78, 5) is 10.9. The van der Waals surface area contributed by atoms with Crippen LogP contribution in [0, 0.1) is 0 Å². The predicted molar refractivity (Wildman–Crippen MR) is 56.8 cm³/mol. The number of aryl methyl sites for hydroxylation is 1. The molecule has 4 nitrogen and oxygen atoms in total. The number of phenolic OH excluding ortho intramolecular Hbond substituents is 2. The molecule has 0 bridgehead atoms. The second kappa shape index (κ2) is 5.24. The van der Waals surface area contributed by atoms with E-state index in [9.17, 15) is 9.90 Å². The standard InChI is InChI=1S/C11H15NO3/c1-12-11(15)4-2-3-8-5-6-9(13)10(14)7-8/h5-7,13-14H,2-4H2,1H3,(H,12,15). The van der Waals surface area contributed by atoms with Crippen LogP contribution in [0.3, 0.4) is 0 Å². The minimum atomic E-state index is -0.120. The molecule has 0 radical (unpaired) electrons. The third-order valence-electron chi connectivity index (χ3n) is 2.19. The minimum absolute atomic E-state index is 0.0120. The molecular formula is C11H15NO3. The molecule has 0 aromatic heterocycles. The van der Waals surface area contributed by atoms with E-state index in [2.05, 4.69) is 5.32 Å². The van der Waals surface area contributed by atoms with Crippen LogP contribution in [-0.2, 0) is 11.2 Å². The average Bonchev–Trinajstić information content (AvgIpc) is 2.23. The maximum absolute atomic E-state index is 10.9. The zero-order chi connectivity index (χ0) is 11.3. The van der Waals surface area contributed by atoms with Crippen molar-refractivity contribution in [2.45, 2.75) is 19.3 Å². The number of carbonyl (C=O) groups is 1. The summed E-state index contributed by atoms with van der Waals surface area (Å²) < 4.78 is 0. The maximum Gasteiger partial charge on any atom is 0.219 e. The van der Waals surface area contributed by atoms with E-state index < -0.39 is 0 Å². The Hall–Kier alpha value is -1.71. The normalized spacial score (nSPS) is 9.93. The fourth-order valence-electron chi connectivity index (χ4n) is 1.30. The van der Waals surface area contributed by atoms with Gasteiger partial charge in [-0.1, -0.05) is 6.07 Å². The van der Waals surface area contributed by atoms with Crippen molar-refractivity contribution < 1.29 is 15.0 Å². The number of hydrogen-bond acceptors (Lipinski definition) is 3. The molecule has 0 saturated carbocycles. The molecule has 1 aromatic rings. The van der Waals surface area contributed by atoms with Crippen LogP contribution in [0.25, 0.3) is 0 Å². The van der Waals surface area contributed by atoms with Gasteiger partial charge in [0.25, 0.3) is 0 Å². The van der Waals surface area contributed by atoms with Crippen molar-refractivity contribution in [2.75, 3.05) is 7.05 Å². The van der Waals surface area contributed by atoms with Crippen LogP contribution >= 0.6 is 0 Å². The highest BCUT2D eigenvalue weighted by atomic mass is 16.3. The average molecular weight is 209 g/mol. The van der Waals surface area contributed by atoms with Crippen molar-refractivity contribution in [1.29, 1.82) is 0 Å². The molecule has 0 heterocycles. The lowest BCUT2D eigenvalue weighted by atomic mass is 10.1. The number of nitrogens with one attached hydrogen (secondary N) is 1. The third kappa shape index (κ3) is 3.50. The summed E-state index contributed by atoms with van der Waals surface area (Å²) in [6.07, 6.45) is 1.91. The highest BCUT2D eigenvalue weighted by Gasteiger charge is 2.02. The molecule has 1 aromatic carbocycles. The lowest BCUT2D eigenvalue weighted by Gasteiger charge is -2.03. The molecule has 0 aliphatic rings. The van der Waals surface area contributed by atoms with Gasteiger partial charge in [0.2, 0.25) is 5.91 Å². The van der Waals surface area contributed by atoms with Crippen LogP contribution in [0.15, 0.2) is 18.2 Å². The van der Waals surface area contributed by atoms with Crippen molar-refractivity contribution in [2.24, 2.45) is 0 Å². The number of carbonyl (C=O) groups excluding carboxylic acids is 1. The molecule has 1 rings (SSSR count). The number of amides is 1. The van der Waals surface area contributed by atoms with Gasteiger partial charge in [-0.25, -0.2) is 0 Å². The van der Waals surface area contributed by atoms with E-state index in [4.69, 9.17) is 5.11 Å². The molecule has 0 aliphatic carbocycles. The molecule has 3 N–H and O–H groups in total. The maximum atomic E-state index is 10.9. The smallest absolute Gasteiger partial charge is 0.219 e. The van der Waals surface area contributed by atoms with Gasteiger partial charge < -0.3 is 15.5 Å². The van der Waals surface area contributed by atoms with Gasteiger partial charge in [-0.05, 0) is 30.5 Å². The molecular weight excluding hydrogens is 194 g/mol. The summed E-state index contributed by atoms with van der Waals surface area (Å²) in [5, 5.41) is 20.9. The van der Waals surface area contributed by atoms with E-state index in [0.29, 0.717) is 12.8 Å². The van der Waals surface area contributed by atoms with Gasteiger partial charge in [0.05, 0.1) is 0 Å². The molecule has 0 saturated heterocycles. The van der Waals surface area contributed by atoms with Crippen molar-refractivity contribution in [1.82, 2.24) is 5.32 Å². The van der Waals surface area contributed by atoms with Crippen LogP contribution in [0.5, 0.6) is 11.5 Å². The topological polar surface area (TPSA) is 69.6 Å². The van der Waals surface area contributed by atoms with Gasteiger partial charge in [-0.3, -0.25) is 4.79 Å². The van der Waals surface area contributed by atoms with Crippen LogP contribution in [0.1, 0.15) is 18.4 Å². The Labute approximate surface area is 88.6 Å². The monoisotopic (exact) mass is 209 g/mol. The summed E-state index contributed by atoms with van der Waals surface area (Å²) in [6.45, 7) is 0. The molecule has 1 amide bonds. The fraction of sp³-hybridized carbons (Fsp3) is 0.364.